The summed E-state index contributed by atoms with van der Waals surface area (Å²) in [6.45, 7) is 5.33. The van der Waals surface area contributed by atoms with Crippen molar-refractivity contribution in [2.45, 2.75) is 44.7 Å². The van der Waals surface area contributed by atoms with Gasteiger partial charge in [-0.05, 0) is 50.1 Å². The first-order valence-electron chi connectivity index (χ1n) is 12.5. The first-order valence-corrected chi connectivity index (χ1v) is 13.9. The van der Waals surface area contributed by atoms with E-state index in [-0.39, 0.29) is 28.7 Å². The van der Waals surface area contributed by atoms with E-state index in [0.29, 0.717) is 13.0 Å². The van der Waals surface area contributed by atoms with E-state index in [1.54, 1.807) is 25.1 Å². The molecule has 3 aromatic carbocycles. The summed E-state index contributed by atoms with van der Waals surface area (Å²) in [5.41, 5.74) is 1.62. The Morgan fingerprint density at radius 1 is 1.00 bits per heavy atom. The summed E-state index contributed by atoms with van der Waals surface area (Å²) >= 11 is 0. The smallest absolute Gasteiger partial charge is 0.269 e. The molecular weight excluding hydrogens is 520 g/mol. The fourth-order valence-electron chi connectivity index (χ4n) is 3.97. The van der Waals surface area contributed by atoms with Crippen LogP contribution in [-0.4, -0.2) is 49.2 Å². The standard InChI is InChI=1S/C28H32N4O6S/c1-4-17-29-28(34)22(3)30(19-23-10-8-9-21(2)18-23)27(33)20-31(24-13-15-25(16-14-24)32(35)36)39(37,38)26-11-6-5-7-12-26/h5-16,18,22H,4,17,19-20H2,1-3H3,(H,29,34)/t22-/m1/s1. The minimum absolute atomic E-state index is 0.0462. The zero-order valence-corrected chi connectivity index (χ0v) is 22.9. The van der Waals surface area contributed by atoms with Gasteiger partial charge in [0, 0.05) is 25.2 Å². The van der Waals surface area contributed by atoms with E-state index in [1.165, 1.54) is 41.3 Å². The highest BCUT2D eigenvalue weighted by Crippen LogP contribution is 2.26. The van der Waals surface area contributed by atoms with Crippen LogP contribution in [0.1, 0.15) is 31.4 Å². The SMILES string of the molecule is CCCNC(=O)[C@@H](C)N(Cc1cccc(C)c1)C(=O)CN(c1ccc([N+](=O)[O-])cc1)S(=O)(=O)c1ccccc1. The number of anilines is 1. The molecule has 0 aromatic heterocycles. The molecule has 39 heavy (non-hydrogen) atoms. The van der Waals surface area contributed by atoms with Gasteiger partial charge in [0.25, 0.3) is 15.7 Å². The number of carbonyl (C=O) groups is 2. The van der Waals surface area contributed by atoms with Crippen LogP contribution in [0.5, 0.6) is 0 Å². The number of hydrogen-bond acceptors (Lipinski definition) is 6. The third kappa shape index (κ3) is 7.41. The van der Waals surface area contributed by atoms with E-state index in [0.717, 1.165) is 15.4 Å². The van der Waals surface area contributed by atoms with Crippen LogP contribution >= 0.6 is 0 Å². The van der Waals surface area contributed by atoms with Crippen molar-refractivity contribution in [2.75, 3.05) is 17.4 Å². The van der Waals surface area contributed by atoms with Crippen LogP contribution in [0.15, 0.2) is 83.8 Å². The third-order valence-corrected chi connectivity index (χ3v) is 7.90. The molecule has 1 N–H and O–H groups in total. The van der Waals surface area contributed by atoms with Crippen LogP contribution in [0.2, 0.25) is 0 Å². The van der Waals surface area contributed by atoms with Gasteiger partial charge < -0.3 is 10.2 Å². The number of sulfonamides is 1. The average molecular weight is 553 g/mol. The van der Waals surface area contributed by atoms with Gasteiger partial charge in [-0.15, -0.1) is 0 Å². The highest BCUT2D eigenvalue weighted by atomic mass is 32.2. The minimum atomic E-state index is -4.24. The summed E-state index contributed by atoms with van der Waals surface area (Å²) in [5.74, 6) is -0.959. The van der Waals surface area contributed by atoms with Gasteiger partial charge >= 0.3 is 0 Å². The number of non-ortho nitro benzene ring substituents is 1. The third-order valence-electron chi connectivity index (χ3n) is 6.11. The van der Waals surface area contributed by atoms with Gasteiger partial charge in [-0.2, -0.15) is 0 Å². The second kappa shape index (κ2) is 13.0. The number of carbonyl (C=O) groups excluding carboxylic acids is 2. The molecule has 0 saturated heterocycles. The van der Waals surface area contributed by atoms with Crippen molar-refractivity contribution in [3.63, 3.8) is 0 Å². The number of amides is 2. The lowest BCUT2D eigenvalue weighted by atomic mass is 10.1. The second-order valence-electron chi connectivity index (χ2n) is 9.08. The van der Waals surface area contributed by atoms with E-state index in [2.05, 4.69) is 5.32 Å². The van der Waals surface area contributed by atoms with Crippen molar-refractivity contribution < 1.29 is 22.9 Å². The lowest BCUT2D eigenvalue weighted by Gasteiger charge is -2.32. The first kappa shape index (κ1) is 29.3. The van der Waals surface area contributed by atoms with Gasteiger partial charge in [0.05, 0.1) is 15.5 Å². The van der Waals surface area contributed by atoms with Crippen LogP contribution in [-0.2, 0) is 26.2 Å². The molecule has 1 atom stereocenters. The second-order valence-corrected chi connectivity index (χ2v) is 10.9. The molecule has 0 saturated carbocycles. The monoisotopic (exact) mass is 552 g/mol. The number of nitro benzene ring substituents is 1. The fourth-order valence-corrected chi connectivity index (χ4v) is 5.41. The fraction of sp³-hybridized carbons (Fsp3) is 0.286. The summed E-state index contributed by atoms with van der Waals surface area (Å²) in [6, 6.07) is 19.1. The van der Waals surface area contributed by atoms with Gasteiger partial charge in [0.15, 0.2) is 0 Å². The molecule has 3 aromatic rings. The number of aryl methyl sites for hydroxylation is 1. The minimum Gasteiger partial charge on any atom is -0.354 e. The Hall–Kier alpha value is -4.25. The molecule has 0 spiro atoms. The summed E-state index contributed by atoms with van der Waals surface area (Å²) in [4.78, 5) is 38.6. The molecule has 0 heterocycles. The predicted molar refractivity (Wildman–Crippen MR) is 149 cm³/mol. The molecule has 2 amide bonds. The van der Waals surface area contributed by atoms with Gasteiger partial charge in [0.2, 0.25) is 11.8 Å². The van der Waals surface area contributed by atoms with E-state index in [4.69, 9.17) is 0 Å². The summed E-state index contributed by atoms with van der Waals surface area (Å²) in [5, 5.41) is 13.9. The molecule has 3 rings (SSSR count). The van der Waals surface area contributed by atoms with Gasteiger partial charge in [-0.3, -0.25) is 24.0 Å². The zero-order chi connectivity index (χ0) is 28.6. The Kier molecular flexibility index (Phi) is 9.78. The van der Waals surface area contributed by atoms with Crippen molar-refractivity contribution in [3.05, 3.63) is 100 Å². The topological polar surface area (TPSA) is 130 Å². The van der Waals surface area contributed by atoms with E-state index in [9.17, 15) is 28.1 Å². The van der Waals surface area contributed by atoms with Crippen molar-refractivity contribution in [2.24, 2.45) is 0 Å². The van der Waals surface area contributed by atoms with E-state index in [1.807, 2.05) is 38.1 Å². The van der Waals surface area contributed by atoms with Crippen LogP contribution in [0.25, 0.3) is 0 Å². The molecular formula is C28H32N4O6S. The van der Waals surface area contributed by atoms with Gasteiger partial charge in [-0.25, -0.2) is 8.42 Å². The number of benzene rings is 3. The van der Waals surface area contributed by atoms with Crippen LogP contribution in [0.3, 0.4) is 0 Å². The van der Waals surface area contributed by atoms with Crippen LogP contribution < -0.4 is 9.62 Å². The molecule has 0 unspecified atom stereocenters. The molecule has 10 nitrogen and oxygen atoms in total. The highest BCUT2D eigenvalue weighted by molar-refractivity contribution is 7.92. The molecule has 0 aliphatic carbocycles. The molecule has 11 heteroatoms. The lowest BCUT2D eigenvalue weighted by molar-refractivity contribution is -0.384. The maximum Gasteiger partial charge on any atom is 0.269 e. The first-order chi connectivity index (χ1) is 18.5. The molecule has 206 valence electrons. The summed E-state index contributed by atoms with van der Waals surface area (Å²) < 4.78 is 28.3. The Bertz CT molecular complexity index is 1410. The van der Waals surface area contributed by atoms with E-state index < -0.39 is 33.4 Å². The van der Waals surface area contributed by atoms with Crippen LogP contribution in [0, 0.1) is 17.0 Å². The van der Waals surface area contributed by atoms with Gasteiger partial charge in [-0.1, -0.05) is 55.0 Å². The summed E-state index contributed by atoms with van der Waals surface area (Å²) in [7, 11) is -4.24. The molecule has 0 aliphatic heterocycles. The Labute approximate surface area is 228 Å². The number of hydrogen-bond donors (Lipinski definition) is 1. The largest absolute Gasteiger partial charge is 0.354 e. The van der Waals surface area contributed by atoms with Gasteiger partial charge in [0.1, 0.15) is 12.6 Å². The van der Waals surface area contributed by atoms with Crippen LogP contribution in [0.4, 0.5) is 11.4 Å². The van der Waals surface area contributed by atoms with Crippen molar-refractivity contribution in [1.82, 2.24) is 10.2 Å². The van der Waals surface area contributed by atoms with Crippen molar-refractivity contribution in [3.8, 4) is 0 Å². The summed E-state index contributed by atoms with van der Waals surface area (Å²) in [6.07, 6.45) is 0.716. The number of nitrogens with one attached hydrogen (secondary N) is 1. The van der Waals surface area contributed by atoms with Crippen molar-refractivity contribution in [1.29, 1.82) is 0 Å². The number of rotatable bonds is 12. The Morgan fingerprint density at radius 3 is 2.26 bits per heavy atom. The maximum absolute atomic E-state index is 13.8. The molecule has 0 fully saturated rings. The Balaban J connectivity index is 2.03. The average Bonchev–Trinajstić information content (AvgIpc) is 2.93. The Morgan fingerprint density at radius 2 is 1.67 bits per heavy atom. The quantitative estimate of drug-likeness (QED) is 0.267. The van der Waals surface area contributed by atoms with E-state index >= 15 is 0 Å². The molecule has 0 aliphatic rings. The number of nitrogens with zero attached hydrogens (tertiary/aromatic N) is 3. The molecule has 0 radical (unpaired) electrons. The zero-order valence-electron chi connectivity index (χ0n) is 22.1. The normalized spacial score (nSPS) is 11.9. The molecule has 0 bridgehead atoms. The van der Waals surface area contributed by atoms with Crippen molar-refractivity contribution >= 4 is 33.2 Å². The number of nitro groups is 1. The maximum atomic E-state index is 13.8. The predicted octanol–water partition coefficient (Wildman–Crippen LogP) is 4.04. The lowest BCUT2D eigenvalue weighted by Crippen LogP contribution is -2.51. The highest BCUT2D eigenvalue weighted by Gasteiger charge is 2.32.